The van der Waals surface area contributed by atoms with E-state index in [9.17, 15) is 14.4 Å². The van der Waals surface area contributed by atoms with Crippen molar-refractivity contribution in [2.45, 2.75) is 78.3 Å². The summed E-state index contributed by atoms with van der Waals surface area (Å²) < 4.78 is 0. The number of amides is 4. The maximum atomic E-state index is 13.0. The van der Waals surface area contributed by atoms with Crippen LogP contribution in [0.3, 0.4) is 0 Å². The van der Waals surface area contributed by atoms with Gasteiger partial charge in [0.15, 0.2) is 0 Å². The first-order chi connectivity index (χ1) is 13.3. The Kier molecular flexibility index (Phi) is 6.76. The molecule has 2 rings (SSSR count). The molecule has 1 saturated heterocycles. The molecule has 1 aliphatic rings. The van der Waals surface area contributed by atoms with Crippen molar-refractivity contribution in [3.05, 3.63) is 35.4 Å². The van der Waals surface area contributed by atoms with Crippen LogP contribution in [0.15, 0.2) is 24.3 Å². The predicted octanol–water partition coefficient (Wildman–Crippen LogP) is 3.69. The molecule has 1 heterocycles. The van der Waals surface area contributed by atoms with Gasteiger partial charge in [0, 0.05) is 6.04 Å². The van der Waals surface area contributed by atoms with E-state index >= 15 is 0 Å². The van der Waals surface area contributed by atoms with Crippen molar-refractivity contribution >= 4 is 17.8 Å². The van der Waals surface area contributed by atoms with Crippen molar-refractivity contribution in [1.29, 1.82) is 0 Å². The summed E-state index contributed by atoms with van der Waals surface area (Å²) in [5.74, 6) is -0.168. The lowest BCUT2D eigenvalue weighted by Gasteiger charge is -2.24. The van der Waals surface area contributed by atoms with Gasteiger partial charge >= 0.3 is 6.03 Å². The Morgan fingerprint density at radius 1 is 1.10 bits per heavy atom. The molecule has 2 unspecified atom stereocenters. The van der Waals surface area contributed by atoms with E-state index in [1.54, 1.807) is 6.92 Å². The van der Waals surface area contributed by atoms with Gasteiger partial charge < -0.3 is 10.6 Å². The van der Waals surface area contributed by atoms with Crippen LogP contribution in [-0.2, 0) is 20.5 Å². The van der Waals surface area contributed by atoms with Crippen molar-refractivity contribution in [3.63, 3.8) is 0 Å². The number of urea groups is 1. The number of rotatable bonds is 7. The summed E-state index contributed by atoms with van der Waals surface area (Å²) in [6.45, 7) is 14.0. The Labute approximate surface area is 174 Å². The highest BCUT2D eigenvalue weighted by Gasteiger charge is 2.49. The molecule has 29 heavy (non-hydrogen) atoms. The third kappa shape index (κ3) is 5.37. The Hall–Kier alpha value is -2.37. The molecule has 1 aromatic rings. The van der Waals surface area contributed by atoms with Gasteiger partial charge in [-0.1, -0.05) is 58.9 Å². The smallest absolute Gasteiger partial charge is 0.325 e. The molecule has 1 aliphatic heterocycles. The normalized spacial score (nSPS) is 20.8. The zero-order chi connectivity index (χ0) is 22.0. The van der Waals surface area contributed by atoms with Gasteiger partial charge in [-0.2, -0.15) is 0 Å². The Bertz CT molecular complexity index is 765. The number of hydrogen-bond acceptors (Lipinski definition) is 3. The number of nitrogens with one attached hydrogen (secondary N) is 2. The summed E-state index contributed by atoms with van der Waals surface area (Å²) in [6.07, 6.45) is 1.87. The van der Waals surface area contributed by atoms with Gasteiger partial charge in [0.2, 0.25) is 5.91 Å². The fourth-order valence-corrected chi connectivity index (χ4v) is 3.46. The molecule has 0 aromatic heterocycles. The number of carbonyl (C=O) groups is 3. The summed E-state index contributed by atoms with van der Waals surface area (Å²) in [7, 11) is 0. The number of benzene rings is 1. The minimum atomic E-state index is -1.17. The first kappa shape index (κ1) is 22.9. The van der Waals surface area contributed by atoms with Crippen LogP contribution in [0.1, 0.15) is 72.4 Å². The zero-order valence-electron chi connectivity index (χ0n) is 18.8. The minimum absolute atomic E-state index is 0.00124. The van der Waals surface area contributed by atoms with Crippen LogP contribution in [0, 0.1) is 5.92 Å². The first-order valence-corrected chi connectivity index (χ1v) is 10.4. The Balaban J connectivity index is 2.07. The molecule has 2 atom stereocenters. The predicted molar refractivity (Wildman–Crippen MR) is 114 cm³/mol. The number of imide groups is 1. The number of hydrogen-bond donors (Lipinski definition) is 2. The van der Waals surface area contributed by atoms with Crippen molar-refractivity contribution in [1.82, 2.24) is 15.5 Å². The van der Waals surface area contributed by atoms with Crippen molar-refractivity contribution in [2.75, 3.05) is 6.54 Å². The van der Waals surface area contributed by atoms with Gasteiger partial charge in [-0.25, -0.2) is 4.79 Å². The molecule has 1 fully saturated rings. The van der Waals surface area contributed by atoms with Crippen LogP contribution in [0.5, 0.6) is 0 Å². The van der Waals surface area contributed by atoms with Crippen LogP contribution in [0.4, 0.5) is 4.79 Å². The molecule has 1 aromatic carbocycles. The minimum Gasteiger partial charge on any atom is -0.352 e. The fourth-order valence-electron chi connectivity index (χ4n) is 3.46. The molecule has 160 valence electrons. The summed E-state index contributed by atoms with van der Waals surface area (Å²) >= 11 is 0. The van der Waals surface area contributed by atoms with E-state index in [0.29, 0.717) is 11.5 Å². The molecular weight excluding hydrogens is 366 g/mol. The number of nitrogens with zero attached hydrogens (tertiary/aromatic N) is 1. The lowest BCUT2D eigenvalue weighted by molar-refractivity contribution is -0.135. The maximum absolute atomic E-state index is 13.0. The van der Waals surface area contributed by atoms with Crippen LogP contribution < -0.4 is 10.6 Å². The highest BCUT2D eigenvalue weighted by molar-refractivity contribution is 6.09. The van der Waals surface area contributed by atoms with Gasteiger partial charge in [0.05, 0.1) is 0 Å². The van der Waals surface area contributed by atoms with Crippen LogP contribution in [0.2, 0.25) is 0 Å². The summed E-state index contributed by atoms with van der Waals surface area (Å²) in [5, 5.41) is 5.64. The standard InChI is InChI=1S/C23H35N3O3/c1-15(2)8-9-16(3)24-19(27)14-26-20(28)23(7,25-21(26)29)18-12-10-17(11-13-18)22(4,5)6/h10-13,15-16H,8-9,14H2,1-7H3,(H,24,27)(H,25,29). The van der Waals surface area contributed by atoms with Crippen LogP contribution in [-0.4, -0.2) is 35.3 Å². The van der Waals surface area contributed by atoms with Crippen molar-refractivity contribution in [2.24, 2.45) is 5.92 Å². The van der Waals surface area contributed by atoms with E-state index in [4.69, 9.17) is 0 Å². The summed E-state index contributed by atoms with van der Waals surface area (Å²) in [6, 6.07) is 7.16. The van der Waals surface area contributed by atoms with Crippen LogP contribution >= 0.6 is 0 Å². The van der Waals surface area contributed by atoms with E-state index in [-0.39, 0.29) is 23.9 Å². The van der Waals surface area contributed by atoms with E-state index in [1.807, 2.05) is 31.2 Å². The molecule has 0 aliphatic carbocycles. The van der Waals surface area contributed by atoms with Gasteiger partial charge in [-0.05, 0) is 49.1 Å². The quantitative estimate of drug-likeness (QED) is 0.684. The third-order valence-electron chi connectivity index (χ3n) is 5.49. The molecule has 0 saturated carbocycles. The molecule has 0 spiro atoms. The van der Waals surface area contributed by atoms with E-state index in [2.05, 4.69) is 45.3 Å². The fraction of sp³-hybridized carbons (Fsp3) is 0.609. The van der Waals surface area contributed by atoms with Crippen molar-refractivity contribution in [3.8, 4) is 0 Å². The van der Waals surface area contributed by atoms with Gasteiger partial charge in [-0.3, -0.25) is 14.5 Å². The van der Waals surface area contributed by atoms with Crippen molar-refractivity contribution < 1.29 is 14.4 Å². The van der Waals surface area contributed by atoms with Gasteiger partial charge in [0.25, 0.3) is 5.91 Å². The van der Waals surface area contributed by atoms with Crippen LogP contribution in [0.25, 0.3) is 0 Å². The number of carbonyl (C=O) groups excluding carboxylic acids is 3. The van der Waals surface area contributed by atoms with E-state index in [0.717, 1.165) is 23.3 Å². The second-order valence-electron chi connectivity index (χ2n) is 9.71. The average Bonchev–Trinajstić information content (AvgIpc) is 2.83. The second kappa shape index (κ2) is 8.56. The average molecular weight is 402 g/mol. The Morgan fingerprint density at radius 2 is 1.69 bits per heavy atom. The molecular formula is C23H35N3O3. The molecule has 2 N–H and O–H groups in total. The SMILES string of the molecule is CC(C)CCC(C)NC(=O)CN1C(=O)NC(C)(c2ccc(C(C)(C)C)cc2)C1=O. The largest absolute Gasteiger partial charge is 0.352 e. The van der Waals surface area contributed by atoms with Gasteiger partial charge in [0.1, 0.15) is 12.1 Å². The molecule has 0 bridgehead atoms. The lowest BCUT2D eigenvalue weighted by Crippen LogP contribution is -2.45. The molecule has 0 radical (unpaired) electrons. The third-order valence-corrected chi connectivity index (χ3v) is 5.49. The summed E-state index contributed by atoms with van der Waals surface area (Å²) in [5.41, 5.74) is 0.681. The molecule has 6 heteroatoms. The second-order valence-corrected chi connectivity index (χ2v) is 9.71. The highest BCUT2D eigenvalue weighted by atomic mass is 16.2. The lowest BCUT2D eigenvalue weighted by atomic mass is 9.84. The molecule has 4 amide bonds. The maximum Gasteiger partial charge on any atom is 0.325 e. The monoisotopic (exact) mass is 401 g/mol. The van der Waals surface area contributed by atoms with E-state index < -0.39 is 17.5 Å². The highest BCUT2D eigenvalue weighted by Crippen LogP contribution is 2.31. The van der Waals surface area contributed by atoms with E-state index in [1.165, 1.54) is 0 Å². The topological polar surface area (TPSA) is 78.5 Å². The Morgan fingerprint density at radius 3 is 2.21 bits per heavy atom. The zero-order valence-corrected chi connectivity index (χ0v) is 18.8. The van der Waals surface area contributed by atoms with Gasteiger partial charge in [-0.15, -0.1) is 0 Å². The summed E-state index contributed by atoms with van der Waals surface area (Å²) in [4.78, 5) is 38.8. The molecule has 6 nitrogen and oxygen atoms in total. The first-order valence-electron chi connectivity index (χ1n) is 10.4.